The molecule has 0 radical (unpaired) electrons. The third kappa shape index (κ3) is 19.3. The first-order valence-electron chi connectivity index (χ1n) is 49.9. The van der Waals surface area contributed by atoms with Gasteiger partial charge in [-0.2, -0.15) is 0 Å². The number of aliphatic hydroxyl groups excluding tert-OH is 3. The summed E-state index contributed by atoms with van der Waals surface area (Å²) in [7, 11) is 1.67. The number of nitrogen functional groups attached to an aromatic ring is 4. The number of fused-ring (bicyclic) bond motifs is 4. The van der Waals surface area contributed by atoms with Gasteiger partial charge in [-0.1, -0.05) is 109 Å². The fraction of sp³-hybridized carbons (Fsp3) is 0.188. The number of rotatable bonds is 24. The minimum Gasteiger partial charge on any atom is -0.395 e. The normalized spacial score (nSPS) is 14.4. The molecule has 20 aromatic rings. The molecule has 0 bridgehead atoms. The summed E-state index contributed by atoms with van der Waals surface area (Å²) in [5, 5.41) is 30.3. The lowest BCUT2D eigenvalue weighted by atomic mass is 9.73. The molecule has 4 fully saturated rings. The number of nitrogens with zero attached hydrogens (tertiary/aromatic N) is 17. The number of anilines is 4. The Bertz CT molecular complexity index is 8470. The summed E-state index contributed by atoms with van der Waals surface area (Å²) >= 11 is 0. The molecule has 0 spiro atoms. The number of hydrogen-bond donors (Lipinski definition) is 13. The van der Waals surface area contributed by atoms with E-state index in [1.165, 1.54) is 11.3 Å². The zero-order chi connectivity index (χ0) is 104. The molecule has 0 unspecified atom stereocenters. The van der Waals surface area contributed by atoms with Crippen LogP contribution in [0.5, 0.6) is 0 Å². The van der Waals surface area contributed by atoms with Gasteiger partial charge in [-0.05, 0) is 287 Å². The van der Waals surface area contributed by atoms with Crippen LogP contribution in [-0.2, 0) is 28.8 Å². The van der Waals surface area contributed by atoms with Gasteiger partial charge in [0.1, 0.15) is 45.3 Å². The quantitative estimate of drug-likeness (QED) is 0.0267. The van der Waals surface area contributed by atoms with Gasteiger partial charge in [0.25, 0.3) is 11.8 Å². The molecule has 0 saturated heterocycles. The second-order valence-corrected chi connectivity index (χ2v) is 38.6. The van der Waals surface area contributed by atoms with E-state index in [4.69, 9.17) is 96.6 Å². The van der Waals surface area contributed by atoms with Gasteiger partial charge < -0.3 is 77.1 Å². The first-order valence-corrected chi connectivity index (χ1v) is 49.9. The number of aromatic nitrogens is 16. The smallest absolute Gasteiger partial charge is 0.253 e. The topological polar surface area (TPSA) is 536 Å². The lowest BCUT2D eigenvalue weighted by molar-refractivity contribution is 0.0766. The number of likely N-dealkylation sites (N-methyl/N-ethyl adjacent to an activating group) is 1. The summed E-state index contributed by atoms with van der Waals surface area (Å²) in [5.74, 6) is 3.29. The van der Waals surface area contributed by atoms with Crippen molar-refractivity contribution >= 4 is 85.6 Å². The average molecular weight is 1990 g/mol. The highest BCUT2D eigenvalue weighted by Crippen LogP contribution is 2.46. The molecular formula is C117H111N27O6. The van der Waals surface area contributed by atoms with E-state index in [9.17, 15) is 24.6 Å². The fourth-order valence-electron chi connectivity index (χ4n) is 19.7. The number of pyridine rings is 8. The highest BCUT2D eigenvalue weighted by atomic mass is 16.3. The van der Waals surface area contributed by atoms with Crippen molar-refractivity contribution in [1.29, 1.82) is 0 Å². The Morgan fingerprint density at radius 3 is 0.913 bits per heavy atom. The van der Waals surface area contributed by atoms with Crippen LogP contribution in [0.4, 0.5) is 23.3 Å². The third-order valence-corrected chi connectivity index (χ3v) is 29.0. The minimum absolute atomic E-state index is 0.00941. The van der Waals surface area contributed by atoms with E-state index in [1.54, 1.807) is 62.2 Å². The van der Waals surface area contributed by atoms with Gasteiger partial charge in [0.2, 0.25) is 5.91 Å². The number of hydrogen-bond acceptors (Lipinski definition) is 26. The number of amides is 3. The number of carbonyl (C=O) groups is 3. The largest absolute Gasteiger partial charge is 0.395 e. The number of aliphatic hydroxyl groups is 3. The Morgan fingerprint density at radius 2 is 0.633 bits per heavy atom. The van der Waals surface area contributed by atoms with Crippen LogP contribution in [0.1, 0.15) is 136 Å². The minimum atomic E-state index is -0.466. The fourth-order valence-corrected chi connectivity index (χ4v) is 19.7. The van der Waals surface area contributed by atoms with Crippen LogP contribution < -0.4 is 56.9 Å². The van der Waals surface area contributed by atoms with Gasteiger partial charge >= 0.3 is 0 Å². The van der Waals surface area contributed by atoms with Crippen LogP contribution in [0.2, 0.25) is 0 Å². The molecular weight excluding hydrogens is 1880 g/mol. The third-order valence-electron chi connectivity index (χ3n) is 29.0. The lowest BCUT2D eigenvalue weighted by Gasteiger charge is -2.38. The maximum absolute atomic E-state index is 12.8. The molecule has 12 aromatic heterocycles. The van der Waals surface area contributed by atoms with Crippen molar-refractivity contribution in [1.82, 2.24) is 88.3 Å². The maximum atomic E-state index is 12.8. The lowest BCUT2D eigenvalue weighted by Crippen LogP contribution is -2.43. The standard InChI is InChI=1S/C31H31N7O2.C30H29N7O2.C28H25N7O.C28H26N6O/c1-37(17-18-39)30(40)21-6-2-5-20(19-21)25-12-13-26-29(35-25)38(28(36-26)24-7-3-16-34-27(24)32)23-10-8-22(9-11-23)31(33)14-4-15-31;31-26-23(6-2-15-33-26)27-36-25-12-11-24(19-4-1-5-20(18-19)29(39)34-16-17-38)35-28(25)37(27)22-9-7-21(8-10-22)30(32)13-3-14-30;29-24-21(3-1-16-32-24)26-34-23-13-12-22(17-4-6-18(7-5-17)25(30)36)33-27(23)35(26)20-10-8-19(9-11-20)28(31)14-2-15-28;29-25-22(3-1-16-31-25)26-33-24-13-12-23(19-6-4-18(17-35)5-7-19)32-27(24)34(26)21-10-8-20(9-11-21)28(30)14-2-15-28/h2-3,5-13,16,19,39H,4,14-15,17-18,33H2,1H3,(H2,32,34);1-2,4-12,15,18,38H,3,13-14,16-17,32H2,(H2,31,33)(H,34,39);1,3-13,16H,2,14-15,31H2,(H2,29,32)(H2,30,36);1,3-13,16,35H,2,14-15,17,30H2,(H2,29,31). The van der Waals surface area contributed by atoms with E-state index in [0.29, 0.717) is 114 Å². The van der Waals surface area contributed by atoms with E-state index >= 15 is 0 Å². The maximum Gasteiger partial charge on any atom is 0.253 e. The average Bonchev–Trinajstić information content (AvgIpc) is 1.57. The van der Waals surface area contributed by atoms with Crippen LogP contribution in [-0.4, -0.2) is 149 Å². The Hall–Kier alpha value is -17.8. The molecule has 0 aliphatic heterocycles. The second kappa shape index (κ2) is 41.2. The summed E-state index contributed by atoms with van der Waals surface area (Å²) in [6.07, 6.45) is 19.2. The zero-order valence-corrected chi connectivity index (χ0v) is 82.4. The molecule has 33 nitrogen and oxygen atoms in total. The monoisotopic (exact) mass is 1990 g/mol. The van der Waals surface area contributed by atoms with Gasteiger partial charge in [0.15, 0.2) is 45.9 Å². The van der Waals surface area contributed by atoms with E-state index < -0.39 is 5.91 Å². The molecule has 150 heavy (non-hydrogen) atoms. The molecule has 8 aromatic carbocycles. The van der Waals surface area contributed by atoms with E-state index in [2.05, 4.69) is 98.0 Å². The number of primary amides is 1. The van der Waals surface area contributed by atoms with Crippen LogP contribution in [0.15, 0.2) is 316 Å². The molecule has 22 N–H and O–H groups in total. The second-order valence-electron chi connectivity index (χ2n) is 38.6. The van der Waals surface area contributed by atoms with Gasteiger partial charge in [0.05, 0.1) is 64.9 Å². The molecule has 33 heteroatoms. The summed E-state index contributed by atoms with van der Waals surface area (Å²) in [4.78, 5) is 95.0. The molecule has 0 atom stereocenters. The molecule has 4 aliphatic carbocycles. The van der Waals surface area contributed by atoms with E-state index in [-0.39, 0.29) is 66.9 Å². The van der Waals surface area contributed by atoms with Crippen molar-refractivity contribution in [3.05, 3.63) is 360 Å². The van der Waals surface area contributed by atoms with Crippen LogP contribution in [0.25, 0.3) is 158 Å². The summed E-state index contributed by atoms with van der Waals surface area (Å²) in [6, 6.07) is 92.9. The Balaban J connectivity index is 0.000000117. The highest BCUT2D eigenvalue weighted by molar-refractivity contribution is 5.98. The first-order chi connectivity index (χ1) is 72.8. The molecule has 24 rings (SSSR count). The van der Waals surface area contributed by atoms with Crippen molar-refractivity contribution in [3.8, 4) is 113 Å². The molecule has 12 heterocycles. The zero-order valence-electron chi connectivity index (χ0n) is 82.4. The molecule has 750 valence electrons. The number of nitrogens with one attached hydrogen (secondary N) is 1. The molecule has 4 saturated carbocycles. The van der Waals surface area contributed by atoms with Crippen molar-refractivity contribution in [2.24, 2.45) is 28.7 Å². The van der Waals surface area contributed by atoms with Gasteiger partial charge in [-0.3, -0.25) is 32.7 Å². The summed E-state index contributed by atoms with van der Waals surface area (Å²) < 4.78 is 8.00. The summed E-state index contributed by atoms with van der Waals surface area (Å²) in [6.45, 7) is 0.245. The van der Waals surface area contributed by atoms with Crippen molar-refractivity contribution in [3.63, 3.8) is 0 Å². The number of nitrogens with two attached hydrogens (primary N) is 9. The summed E-state index contributed by atoms with van der Waals surface area (Å²) in [5.41, 5.74) is 81.0. The van der Waals surface area contributed by atoms with Crippen molar-refractivity contribution in [2.45, 2.75) is 106 Å². The Morgan fingerprint density at radius 1 is 0.333 bits per heavy atom. The highest BCUT2D eigenvalue weighted by Gasteiger charge is 2.39. The first kappa shape index (κ1) is 98.2. The number of benzene rings is 8. The van der Waals surface area contributed by atoms with E-state index in [1.807, 2.05) is 206 Å². The Kier molecular flexibility index (Phi) is 27.0. The molecule has 3 amide bonds. The molecule has 4 aliphatic rings. The predicted molar refractivity (Wildman–Crippen MR) is 585 cm³/mol. The number of imidazole rings is 4. The van der Waals surface area contributed by atoms with Crippen molar-refractivity contribution < 1.29 is 29.7 Å². The van der Waals surface area contributed by atoms with Crippen LogP contribution in [0, 0.1) is 0 Å². The van der Waals surface area contributed by atoms with Gasteiger partial charge in [0, 0.05) is 129 Å². The SMILES string of the molecule is CN(CCO)C(=O)c1cccc(-c2ccc3nc(-c4cccnc4N)n(-c4ccc(C5(N)CCC5)cc4)c3n2)c1.NC(=O)c1ccc(-c2ccc3nc(-c4cccnc4N)n(-c4ccc(C5(N)CCC5)cc4)c3n2)cc1.Nc1ncccc1-c1nc2ccc(-c3ccc(CO)cc3)nc2n1-c1ccc(C2(N)CCC2)cc1.Nc1ncccc1-c1nc2ccc(-c3cccc(C(=O)NCCO)c3)nc2n1-c1ccc(C2(N)CCC2)cc1. The van der Waals surface area contributed by atoms with Gasteiger partial charge in [-0.25, -0.2) is 59.8 Å². The van der Waals surface area contributed by atoms with Crippen LogP contribution >= 0.6 is 0 Å². The van der Waals surface area contributed by atoms with E-state index in [0.717, 1.165) is 183 Å². The van der Waals surface area contributed by atoms with Crippen LogP contribution in [0.3, 0.4) is 0 Å². The van der Waals surface area contributed by atoms with Gasteiger partial charge in [-0.15, -0.1) is 0 Å². The number of carbonyl (C=O) groups excluding carboxylic acids is 3. The predicted octanol–water partition coefficient (Wildman–Crippen LogP) is 16.7. The Labute approximate surface area is 863 Å². The van der Waals surface area contributed by atoms with Crippen molar-refractivity contribution in [2.75, 3.05) is 56.3 Å².